The van der Waals surface area contributed by atoms with Crippen LogP contribution < -0.4 is 10.6 Å². The first-order chi connectivity index (χ1) is 11.8. The average Bonchev–Trinajstić information content (AvgIpc) is 3.15. The lowest BCUT2D eigenvalue weighted by atomic mass is 9.92. The maximum absolute atomic E-state index is 13.7. The third kappa shape index (κ3) is 3.51. The molecule has 0 saturated carbocycles. The molecule has 0 unspecified atom stereocenters. The number of para-hydroxylation sites is 1. The van der Waals surface area contributed by atoms with E-state index in [1.807, 2.05) is 0 Å². The molecular formula is C16H12F4N2O2S. The van der Waals surface area contributed by atoms with Crippen LogP contribution in [0.2, 0.25) is 0 Å². The van der Waals surface area contributed by atoms with Gasteiger partial charge in [-0.2, -0.15) is 13.2 Å². The molecule has 1 aliphatic heterocycles. The minimum atomic E-state index is -4.49. The van der Waals surface area contributed by atoms with Gasteiger partial charge < -0.3 is 10.6 Å². The number of carbonyl (C=O) groups excluding carboxylic acids is 2. The van der Waals surface area contributed by atoms with Crippen LogP contribution in [0.1, 0.15) is 16.4 Å². The van der Waals surface area contributed by atoms with Crippen LogP contribution in [0.15, 0.2) is 35.7 Å². The molecule has 9 heteroatoms. The van der Waals surface area contributed by atoms with E-state index >= 15 is 0 Å². The van der Waals surface area contributed by atoms with Gasteiger partial charge >= 0.3 is 6.18 Å². The Balaban J connectivity index is 1.83. The molecule has 132 valence electrons. The van der Waals surface area contributed by atoms with Gasteiger partial charge in [0.2, 0.25) is 11.8 Å². The van der Waals surface area contributed by atoms with Crippen LogP contribution in [0.4, 0.5) is 23.2 Å². The van der Waals surface area contributed by atoms with Crippen molar-refractivity contribution in [1.29, 1.82) is 0 Å². The maximum Gasteiger partial charge on any atom is 0.417 e. The fourth-order valence-corrected chi connectivity index (χ4v) is 3.71. The van der Waals surface area contributed by atoms with Crippen molar-refractivity contribution >= 4 is 28.8 Å². The van der Waals surface area contributed by atoms with Gasteiger partial charge in [0.1, 0.15) is 11.7 Å². The van der Waals surface area contributed by atoms with Gasteiger partial charge in [-0.15, -0.1) is 11.3 Å². The summed E-state index contributed by atoms with van der Waals surface area (Å²) in [6.07, 6.45) is -4.49. The minimum absolute atomic E-state index is 0.0476. The number of carbonyl (C=O) groups is 2. The molecule has 2 amide bonds. The first-order valence-corrected chi connectivity index (χ1v) is 8.14. The molecule has 2 atom stereocenters. The minimum Gasteiger partial charge on any atom is -0.355 e. The van der Waals surface area contributed by atoms with Gasteiger partial charge in [-0.1, -0.05) is 12.1 Å². The zero-order valence-electron chi connectivity index (χ0n) is 12.6. The third-order valence-electron chi connectivity index (χ3n) is 3.91. The summed E-state index contributed by atoms with van der Waals surface area (Å²) in [5.41, 5.74) is -0.909. The van der Waals surface area contributed by atoms with Crippen molar-refractivity contribution in [3.05, 3.63) is 52.0 Å². The molecule has 1 fully saturated rings. The Morgan fingerprint density at radius 1 is 1.28 bits per heavy atom. The Hall–Kier alpha value is -2.42. The predicted molar refractivity (Wildman–Crippen MR) is 83.6 cm³/mol. The molecule has 1 aliphatic rings. The van der Waals surface area contributed by atoms with E-state index in [2.05, 4.69) is 10.6 Å². The van der Waals surface area contributed by atoms with E-state index in [1.54, 1.807) is 0 Å². The van der Waals surface area contributed by atoms with Crippen LogP contribution in [-0.4, -0.2) is 18.4 Å². The van der Waals surface area contributed by atoms with Crippen LogP contribution in [0.25, 0.3) is 0 Å². The number of benzene rings is 1. The van der Waals surface area contributed by atoms with Crippen molar-refractivity contribution in [1.82, 2.24) is 5.32 Å². The van der Waals surface area contributed by atoms with E-state index < -0.39 is 41.2 Å². The molecule has 1 aromatic carbocycles. The number of halogens is 4. The number of nitrogens with one attached hydrogen (secondary N) is 2. The molecule has 4 nitrogen and oxygen atoms in total. The van der Waals surface area contributed by atoms with Gasteiger partial charge in [-0.05, 0) is 18.2 Å². The first kappa shape index (κ1) is 17.4. The van der Waals surface area contributed by atoms with Gasteiger partial charge in [-0.3, -0.25) is 9.59 Å². The largest absolute Gasteiger partial charge is 0.417 e. The van der Waals surface area contributed by atoms with Crippen LogP contribution in [0.3, 0.4) is 0 Å². The summed E-state index contributed by atoms with van der Waals surface area (Å²) in [6.45, 7) is 0.0476. The predicted octanol–water partition coefficient (Wildman–Crippen LogP) is 3.37. The lowest BCUT2D eigenvalue weighted by Crippen LogP contribution is -2.32. The fraction of sp³-hybridized carbons (Fsp3) is 0.250. The van der Waals surface area contributed by atoms with Gasteiger partial charge in [0.15, 0.2) is 0 Å². The van der Waals surface area contributed by atoms with E-state index in [-0.39, 0.29) is 17.1 Å². The summed E-state index contributed by atoms with van der Waals surface area (Å²) in [4.78, 5) is 24.7. The third-order valence-corrected chi connectivity index (χ3v) is 4.97. The molecule has 1 saturated heterocycles. The Morgan fingerprint density at radius 3 is 2.64 bits per heavy atom. The van der Waals surface area contributed by atoms with E-state index in [1.165, 1.54) is 18.2 Å². The molecule has 0 spiro atoms. The summed E-state index contributed by atoms with van der Waals surface area (Å²) in [5, 5.41) is 5.75. The van der Waals surface area contributed by atoms with Crippen molar-refractivity contribution in [2.75, 3.05) is 11.9 Å². The first-order valence-electron chi connectivity index (χ1n) is 7.26. The highest BCUT2D eigenvalue weighted by atomic mass is 32.1. The SMILES string of the molecule is O=C1NC[C@H](c2cc(C(F)(F)F)cs2)[C@H]1C(=O)Nc1ccccc1F. The van der Waals surface area contributed by atoms with Crippen molar-refractivity contribution in [2.24, 2.45) is 5.92 Å². The summed E-state index contributed by atoms with van der Waals surface area (Å²) in [7, 11) is 0. The topological polar surface area (TPSA) is 58.2 Å². The molecule has 2 heterocycles. The van der Waals surface area contributed by atoms with Gasteiger partial charge in [0, 0.05) is 22.7 Å². The lowest BCUT2D eigenvalue weighted by molar-refractivity contribution is -0.137. The summed E-state index contributed by atoms with van der Waals surface area (Å²) in [6, 6.07) is 6.39. The summed E-state index contributed by atoms with van der Waals surface area (Å²) >= 11 is 0.840. The number of thiophene rings is 1. The van der Waals surface area contributed by atoms with Crippen LogP contribution >= 0.6 is 11.3 Å². The highest BCUT2D eigenvalue weighted by Crippen LogP contribution is 2.39. The smallest absolute Gasteiger partial charge is 0.355 e. The number of amides is 2. The van der Waals surface area contributed by atoms with Gasteiger partial charge in [-0.25, -0.2) is 4.39 Å². The number of anilines is 1. The molecule has 0 bridgehead atoms. The van der Waals surface area contributed by atoms with E-state index in [4.69, 9.17) is 0 Å². The molecule has 2 N–H and O–H groups in total. The molecular weight excluding hydrogens is 360 g/mol. The summed E-state index contributed by atoms with van der Waals surface area (Å²) in [5.74, 6) is -3.98. The van der Waals surface area contributed by atoms with Crippen LogP contribution in [-0.2, 0) is 15.8 Å². The second-order valence-electron chi connectivity index (χ2n) is 5.53. The molecule has 0 aliphatic carbocycles. The second-order valence-corrected chi connectivity index (χ2v) is 6.48. The monoisotopic (exact) mass is 372 g/mol. The number of alkyl halides is 3. The Labute approximate surface area is 143 Å². The number of rotatable bonds is 3. The van der Waals surface area contributed by atoms with Crippen LogP contribution in [0, 0.1) is 11.7 Å². The van der Waals surface area contributed by atoms with Crippen molar-refractivity contribution in [2.45, 2.75) is 12.1 Å². The molecule has 0 radical (unpaired) electrons. The van der Waals surface area contributed by atoms with E-state index in [0.29, 0.717) is 0 Å². The van der Waals surface area contributed by atoms with Gasteiger partial charge in [0.25, 0.3) is 0 Å². The molecule has 2 aromatic rings. The van der Waals surface area contributed by atoms with E-state index in [9.17, 15) is 27.2 Å². The Morgan fingerprint density at radius 2 is 2.00 bits per heavy atom. The van der Waals surface area contributed by atoms with E-state index in [0.717, 1.165) is 28.8 Å². The van der Waals surface area contributed by atoms with Crippen molar-refractivity contribution in [3.63, 3.8) is 0 Å². The van der Waals surface area contributed by atoms with Crippen molar-refractivity contribution < 1.29 is 27.2 Å². The lowest BCUT2D eigenvalue weighted by Gasteiger charge is -2.15. The second kappa shape index (κ2) is 6.47. The molecule has 1 aromatic heterocycles. The highest BCUT2D eigenvalue weighted by molar-refractivity contribution is 7.10. The van der Waals surface area contributed by atoms with Crippen molar-refractivity contribution in [3.8, 4) is 0 Å². The summed E-state index contributed by atoms with van der Waals surface area (Å²) < 4.78 is 51.9. The fourth-order valence-electron chi connectivity index (χ4n) is 2.66. The van der Waals surface area contributed by atoms with Gasteiger partial charge in [0.05, 0.1) is 11.3 Å². The van der Waals surface area contributed by atoms with Crippen LogP contribution in [0.5, 0.6) is 0 Å². The Bertz CT molecular complexity index is 818. The average molecular weight is 372 g/mol. The molecule has 25 heavy (non-hydrogen) atoms. The quantitative estimate of drug-likeness (QED) is 0.641. The highest BCUT2D eigenvalue weighted by Gasteiger charge is 2.43. The normalized spacial score (nSPS) is 20.4. The zero-order valence-corrected chi connectivity index (χ0v) is 13.4. The number of hydrogen-bond donors (Lipinski definition) is 2. The number of hydrogen-bond acceptors (Lipinski definition) is 3. The molecule has 3 rings (SSSR count). The standard InChI is InChI=1S/C16H12F4N2O2S/c17-10-3-1-2-4-11(10)22-15(24)13-9(6-21-14(13)23)12-5-8(7-25-12)16(18,19)20/h1-5,7,9,13H,6H2,(H,21,23)(H,22,24)/t9-,13-/m1/s1. The Kier molecular flexibility index (Phi) is 4.51. The zero-order chi connectivity index (χ0) is 18.2. The maximum atomic E-state index is 13.7.